The van der Waals surface area contributed by atoms with E-state index in [0.29, 0.717) is 16.6 Å². The van der Waals surface area contributed by atoms with Gasteiger partial charge in [0.1, 0.15) is 23.5 Å². The van der Waals surface area contributed by atoms with E-state index in [9.17, 15) is 26.8 Å². The number of benzene rings is 3. The number of hydrogen-bond acceptors (Lipinski definition) is 8. The van der Waals surface area contributed by atoms with Crippen molar-refractivity contribution in [2.45, 2.75) is 19.0 Å². The number of aromatic nitrogens is 2. The molecule has 1 atom stereocenters. The maximum atomic E-state index is 15.6. The molecule has 3 aliphatic heterocycles. The molecule has 0 bridgehead atoms. The largest absolute Gasteiger partial charge is 0.465 e. The lowest BCUT2D eigenvalue weighted by Crippen LogP contribution is -2.72. The average molecular weight is 777 g/mol. The zero-order valence-electron chi connectivity index (χ0n) is 29.6. The van der Waals surface area contributed by atoms with Crippen molar-refractivity contribution >= 4 is 44.4 Å². The van der Waals surface area contributed by atoms with E-state index < -0.39 is 56.8 Å². The van der Waals surface area contributed by atoms with Crippen molar-refractivity contribution in [3.63, 3.8) is 0 Å². The van der Waals surface area contributed by atoms with E-state index in [1.807, 2.05) is 29.0 Å². The molecule has 3 saturated heterocycles. The van der Waals surface area contributed by atoms with E-state index in [1.54, 1.807) is 18.3 Å². The number of hydrogen-bond donors (Lipinski definition) is 2. The summed E-state index contributed by atoms with van der Waals surface area (Å²) in [7, 11) is -3.13. The predicted molar refractivity (Wildman–Crippen MR) is 197 cm³/mol. The minimum atomic E-state index is -4.35. The van der Waals surface area contributed by atoms with Gasteiger partial charge >= 0.3 is 16.2 Å². The number of H-pyrrole nitrogens is 1. The number of aromatic amines is 1. The van der Waals surface area contributed by atoms with Crippen LogP contribution in [0.1, 0.15) is 38.3 Å². The van der Waals surface area contributed by atoms with E-state index in [1.165, 1.54) is 25.4 Å². The highest BCUT2D eigenvalue weighted by molar-refractivity contribution is 7.90. The number of ether oxygens (including phenoxy) is 1. The van der Waals surface area contributed by atoms with Gasteiger partial charge in [-0.15, -0.1) is 0 Å². The van der Waals surface area contributed by atoms with Crippen LogP contribution in [-0.2, 0) is 21.4 Å². The van der Waals surface area contributed by atoms with Gasteiger partial charge in [-0.1, -0.05) is 24.3 Å². The predicted octanol–water partition coefficient (Wildman–Crippen LogP) is 5.73. The molecule has 2 N–H and O–H groups in total. The Morgan fingerprint density at radius 2 is 1.73 bits per heavy atom. The number of pyridine rings is 1. The molecular weight excluding hydrogens is 741 g/mol. The minimum Gasteiger partial charge on any atom is -0.465 e. The van der Waals surface area contributed by atoms with Crippen molar-refractivity contribution in [1.29, 1.82) is 0 Å². The summed E-state index contributed by atoms with van der Waals surface area (Å²) >= 11 is 0. The van der Waals surface area contributed by atoms with Gasteiger partial charge < -0.3 is 19.5 Å². The van der Waals surface area contributed by atoms with Crippen molar-refractivity contribution < 1.29 is 40.3 Å². The molecular formula is C39H36F4N6O5S. The molecule has 3 aromatic carbocycles. The Labute approximate surface area is 314 Å². The Bertz CT molecular complexity index is 2430. The number of esters is 1. The van der Waals surface area contributed by atoms with Gasteiger partial charge in [0.05, 0.1) is 23.9 Å². The molecule has 0 aliphatic carbocycles. The van der Waals surface area contributed by atoms with Crippen LogP contribution < -0.4 is 9.62 Å². The third kappa shape index (κ3) is 6.93. The smallest absolute Gasteiger partial charge is 0.340 e. The maximum absolute atomic E-state index is 15.6. The normalized spacial score (nSPS) is 18.3. The molecule has 5 aromatic rings. The second-order valence-corrected chi connectivity index (χ2v) is 16.1. The summed E-state index contributed by atoms with van der Waals surface area (Å²) in [5, 5.41) is 0.326. The summed E-state index contributed by atoms with van der Waals surface area (Å²) in [6.07, 6.45) is 2.42. The minimum absolute atomic E-state index is 0.00326. The summed E-state index contributed by atoms with van der Waals surface area (Å²) in [5.41, 5.74) is 2.16. The van der Waals surface area contributed by atoms with E-state index >= 15 is 8.78 Å². The number of nitrogens with zero attached hydrogens (tertiary/aromatic N) is 4. The SMILES string of the molecule is COC(=O)c1ccc(N2CC3(CN(CCc4ccc(-c5cnc6[nH]cc(C(=O)c7c(F)ccc(NS(=O)(=O)N8CC[C@@H](F)C8)c7F)c6c5)cc4)C3)C2)cc1F. The molecule has 16 heteroatoms. The molecule has 55 heavy (non-hydrogen) atoms. The lowest BCUT2D eigenvalue weighted by atomic mass is 9.72. The van der Waals surface area contributed by atoms with Gasteiger partial charge in [0.15, 0.2) is 5.82 Å². The van der Waals surface area contributed by atoms with Gasteiger partial charge in [0, 0.05) is 85.8 Å². The number of nitrogens with one attached hydrogen (secondary N) is 2. The molecule has 286 valence electrons. The van der Waals surface area contributed by atoms with Crippen LogP contribution in [0.25, 0.3) is 22.2 Å². The zero-order valence-corrected chi connectivity index (χ0v) is 30.4. The summed E-state index contributed by atoms with van der Waals surface area (Å²) in [6, 6.07) is 15.9. The number of halogens is 4. The number of carbonyl (C=O) groups excluding carboxylic acids is 2. The van der Waals surface area contributed by atoms with Crippen LogP contribution in [0.3, 0.4) is 0 Å². The van der Waals surface area contributed by atoms with Crippen LogP contribution in [0, 0.1) is 22.9 Å². The van der Waals surface area contributed by atoms with Crippen molar-refractivity contribution in [1.82, 2.24) is 19.2 Å². The van der Waals surface area contributed by atoms with Gasteiger partial charge in [0.25, 0.3) is 0 Å². The number of likely N-dealkylation sites (tertiary alicyclic amines) is 1. The summed E-state index contributed by atoms with van der Waals surface area (Å²) in [5.74, 6) is -4.86. The fourth-order valence-electron chi connectivity index (χ4n) is 7.77. The second kappa shape index (κ2) is 14.1. The van der Waals surface area contributed by atoms with Crippen molar-refractivity contribution in [2.24, 2.45) is 5.41 Å². The first-order valence-corrected chi connectivity index (χ1v) is 19.1. The Morgan fingerprint density at radius 3 is 2.42 bits per heavy atom. The molecule has 5 heterocycles. The topological polar surface area (TPSA) is 128 Å². The Kier molecular flexibility index (Phi) is 9.38. The number of carbonyl (C=O) groups is 2. The van der Waals surface area contributed by atoms with Crippen LogP contribution in [0.5, 0.6) is 0 Å². The first kappa shape index (κ1) is 36.6. The quantitative estimate of drug-likeness (QED) is 0.0990. The molecule has 0 saturated carbocycles. The number of ketones is 1. The zero-order chi connectivity index (χ0) is 38.6. The third-order valence-corrected chi connectivity index (χ3v) is 12.2. The highest BCUT2D eigenvalue weighted by Crippen LogP contribution is 2.42. The lowest BCUT2D eigenvalue weighted by molar-refractivity contribution is -0.0206. The molecule has 3 fully saturated rings. The van der Waals surface area contributed by atoms with Crippen molar-refractivity contribution in [3.05, 3.63) is 113 Å². The highest BCUT2D eigenvalue weighted by Gasteiger charge is 2.51. The maximum Gasteiger partial charge on any atom is 0.340 e. The average Bonchev–Trinajstić information content (AvgIpc) is 3.78. The molecule has 0 amide bonds. The molecule has 11 nitrogen and oxygen atoms in total. The van der Waals surface area contributed by atoms with E-state index in [2.05, 4.69) is 24.5 Å². The fourth-order valence-corrected chi connectivity index (χ4v) is 9.03. The number of anilines is 2. The Morgan fingerprint density at radius 1 is 0.964 bits per heavy atom. The summed E-state index contributed by atoms with van der Waals surface area (Å²) in [6.45, 7) is 3.92. The van der Waals surface area contributed by atoms with Gasteiger partial charge in [-0.3, -0.25) is 9.52 Å². The molecule has 1 spiro atoms. The first-order chi connectivity index (χ1) is 26.3. The van der Waals surface area contributed by atoms with Crippen molar-refractivity contribution in [3.8, 4) is 11.1 Å². The molecule has 0 unspecified atom stereocenters. The van der Waals surface area contributed by atoms with Gasteiger partial charge in [-0.05, 0) is 60.4 Å². The Hall–Kier alpha value is -5.32. The lowest BCUT2D eigenvalue weighted by Gasteiger charge is -2.61. The molecule has 3 aliphatic rings. The Balaban J connectivity index is 0.895. The van der Waals surface area contributed by atoms with E-state index in [0.717, 1.165) is 72.4 Å². The summed E-state index contributed by atoms with van der Waals surface area (Å²) in [4.78, 5) is 37.1. The van der Waals surface area contributed by atoms with Gasteiger partial charge in [0.2, 0.25) is 5.78 Å². The second-order valence-electron chi connectivity index (χ2n) is 14.5. The molecule has 8 rings (SSSR count). The summed E-state index contributed by atoms with van der Waals surface area (Å²) < 4.78 is 91.7. The van der Waals surface area contributed by atoms with Crippen LogP contribution in [-0.4, -0.2) is 98.4 Å². The number of fused-ring (bicyclic) bond motifs is 1. The van der Waals surface area contributed by atoms with Crippen LogP contribution >= 0.6 is 0 Å². The number of methoxy groups -OCH3 is 1. The van der Waals surface area contributed by atoms with Gasteiger partial charge in [-0.2, -0.15) is 12.7 Å². The highest BCUT2D eigenvalue weighted by atomic mass is 32.2. The van der Waals surface area contributed by atoms with Crippen molar-refractivity contribution in [2.75, 3.05) is 62.5 Å². The monoisotopic (exact) mass is 776 g/mol. The van der Waals surface area contributed by atoms with E-state index in [4.69, 9.17) is 0 Å². The first-order valence-electron chi connectivity index (χ1n) is 17.7. The van der Waals surface area contributed by atoms with Crippen LogP contribution in [0.15, 0.2) is 73.1 Å². The molecule has 2 aromatic heterocycles. The standard InChI is InChI=1S/C39H36F4N6O5S/c1-54-38(51)28-7-6-27(15-32(28)42)48-21-39(22-48)19-47(20-39)12-10-23-2-4-24(5-3-23)25-14-29-30(17-45-37(29)44-16-25)36(50)34-31(41)8-9-33(35(34)43)46-55(52,53)49-13-11-26(40)18-49/h2-9,14-17,26,46H,10-13,18-22H2,1H3,(H,44,45)/t26-/m1/s1. The van der Waals surface area contributed by atoms with Crippen LogP contribution in [0.2, 0.25) is 0 Å². The van der Waals surface area contributed by atoms with E-state index in [-0.39, 0.29) is 36.1 Å². The fraction of sp³-hybridized carbons (Fsp3) is 0.308. The van der Waals surface area contributed by atoms with Crippen LogP contribution in [0.4, 0.5) is 28.9 Å². The number of rotatable bonds is 11. The van der Waals surface area contributed by atoms with Gasteiger partial charge in [-0.25, -0.2) is 27.3 Å². The molecule has 0 radical (unpaired) electrons. The third-order valence-electron chi connectivity index (χ3n) is 10.7. The number of alkyl halides is 1.